The number of hydrogen-bond donors (Lipinski definition) is 0. The predicted molar refractivity (Wildman–Crippen MR) is 59.1 cm³/mol. The Morgan fingerprint density at radius 3 is 2.79 bits per heavy atom. The highest BCUT2D eigenvalue weighted by atomic mass is 35.5. The Kier molecular flexibility index (Phi) is 2.70. The average molecular weight is 226 g/mol. The number of nitrogens with zero attached hydrogens (tertiary/aromatic N) is 1. The van der Waals surface area contributed by atoms with Crippen LogP contribution in [0.3, 0.4) is 0 Å². The molecule has 2 nitrogen and oxygen atoms in total. The first kappa shape index (κ1) is 9.49. The van der Waals surface area contributed by atoms with Gasteiger partial charge in [0.25, 0.3) is 5.19 Å². The minimum absolute atomic E-state index is 0.653. The zero-order chi connectivity index (χ0) is 9.97. The number of aromatic nitrogens is 1. The van der Waals surface area contributed by atoms with Crippen LogP contribution in [0.25, 0.3) is 11.3 Å². The first-order valence-corrected chi connectivity index (χ1v) is 5.31. The van der Waals surface area contributed by atoms with Crippen molar-refractivity contribution in [3.8, 4) is 16.5 Å². The zero-order valence-electron chi connectivity index (χ0n) is 7.53. The van der Waals surface area contributed by atoms with Crippen LogP contribution >= 0.6 is 22.9 Å². The van der Waals surface area contributed by atoms with E-state index in [2.05, 4.69) is 4.98 Å². The smallest absolute Gasteiger partial charge is 0.273 e. The number of thiazole rings is 1. The summed E-state index contributed by atoms with van der Waals surface area (Å²) in [6, 6.07) is 7.63. The summed E-state index contributed by atoms with van der Waals surface area (Å²) in [4.78, 5) is 4.27. The second-order valence-corrected chi connectivity index (χ2v) is 3.91. The van der Waals surface area contributed by atoms with E-state index in [1.54, 1.807) is 7.11 Å². The van der Waals surface area contributed by atoms with Crippen molar-refractivity contribution in [1.82, 2.24) is 4.98 Å². The van der Waals surface area contributed by atoms with E-state index in [0.717, 1.165) is 11.3 Å². The highest BCUT2D eigenvalue weighted by Gasteiger charge is 2.06. The standard InChI is InChI=1S/C10H8ClNOS/c1-13-10-12-9(6-14-10)7-4-2-3-5-8(7)11/h2-6H,1H3. The van der Waals surface area contributed by atoms with Gasteiger partial charge in [-0.15, -0.1) is 0 Å². The quantitative estimate of drug-likeness (QED) is 0.781. The maximum absolute atomic E-state index is 6.04. The number of benzene rings is 1. The second-order valence-electron chi connectivity index (χ2n) is 2.68. The Morgan fingerprint density at radius 1 is 1.36 bits per heavy atom. The van der Waals surface area contributed by atoms with Gasteiger partial charge in [0.05, 0.1) is 12.8 Å². The second kappa shape index (κ2) is 3.98. The summed E-state index contributed by atoms with van der Waals surface area (Å²) in [6.07, 6.45) is 0. The monoisotopic (exact) mass is 225 g/mol. The largest absolute Gasteiger partial charge is 0.473 e. The molecule has 0 aliphatic carbocycles. The molecule has 1 aromatic carbocycles. The van der Waals surface area contributed by atoms with Gasteiger partial charge in [0.1, 0.15) is 0 Å². The Morgan fingerprint density at radius 2 is 2.14 bits per heavy atom. The predicted octanol–water partition coefficient (Wildman–Crippen LogP) is 3.47. The first-order valence-electron chi connectivity index (χ1n) is 4.05. The van der Waals surface area contributed by atoms with Crippen molar-refractivity contribution in [2.75, 3.05) is 7.11 Å². The van der Waals surface area contributed by atoms with E-state index in [4.69, 9.17) is 16.3 Å². The average Bonchev–Trinajstić information content (AvgIpc) is 2.67. The third-order valence-corrected chi connectivity index (χ3v) is 2.94. The van der Waals surface area contributed by atoms with Gasteiger partial charge in [-0.1, -0.05) is 41.1 Å². The zero-order valence-corrected chi connectivity index (χ0v) is 9.10. The molecule has 0 saturated heterocycles. The van der Waals surface area contributed by atoms with Crippen LogP contribution in [0.4, 0.5) is 0 Å². The normalized spacial score (nSPS) is 10.1. The van der Waals surface area contributed by atoms with Crippen LogP contribution in [0.1, 0.15) is 0 Å². The van der Waals surface area contributed by atoms with Crippen molar-refractivity contribution in [1.29, 1.82) is 0 Å². The molecule has 2 aromatic rings. The molecule has 1 aromatic heterocycles. The van der Waals surface area contributed by atoms with Gasteiger partial charge in [0.15, 0.2) is 0 Å². The van der Waals surface area contributed by atoms with Crippen LogP contribution in [-0.2, 0) is 0 Å². The molecular weight excluding hydrogens is 218 g/mol. The molecule has 0 N–H and O–H groups in total. The van der Waals surface area contributed by atoms with Crippen LogP contribution in [0.5, 0.6) is 5.19 Å². The lowest BCUT2D eigenvalue weighted by Gasteiger charge is -1.98. The van der Waals surface area contributed by atoms with E-state index >= 15 is 0 Å². The summed E-state index contributed by atoms with van der Waals surface area (Å²) in [6.45, 7) is 0. The van der Waals surface area contributed by atoms with Crippen molar-refractivity contribution >= 4 is 22.9 Å². The third-order valence-electron chi connectivity index (χ3n) is 1.81. The fourth-order valence-corrected chi connectivity index (χ4v) is 2.02. The van der Waals surface area contributed by atoms with Gasteiger partial charge in [-0.05, 0) is 6.07 Å². The fraction of sp³-hybridized carbons (Fsp3) is 0.100. The SMILES string of the molecule is COc1nc(-c2ccccc2Cl)cs1. The molecule has 0 atom stereocenters. The summed E-state index contributed by atoms with van der Waals surface area (Å²) in [7, 11) is 1.61. The number of rotatable bonds is 2. The van der Waals surface area contributed by atoms with Gasteiger partial charge in [-0.2, -0.15) is 0 Å². The highest BCUT2D eigenvalue weighted by molar-refractivity contribution is 7.11. The molecule has 0 spiro atoms. The molecular formula is C10H8ClNOS. The van der Waals surface area contributed by atoms with Gasteiger partial charge in [-0.3, -0.25) is 0 Å². The van der Waals surface area contributed by atoms with E-state index in [-0.39, 0.29) is 0 Å². The van der Waals surface area contributed by atoms with Gasteiger partial charge in [-0.25, -0.2) is 4.98 Å². The molecule has 0 aliphatic rings. The number of ether oxygens (including phenoxy) is 1. The molecule has 14 heavy (non-hydrogen) atoms. The number of hydrogen-bond acceptors (Lipinski definition) is 3. The maximum atomic E-state index is 6.04. The lowest BCUT2D eigenvalue weighted by atomic mass is 10.2. The molecule has 72 valence electrons. The van der Waals surface area contributed by atoms with Crippen LogP contribution in [0.2, 0.25) is 5.02 Å². The van der Waals surface area contributed by atoms with E-state index in [9.17, 15) is 0 Å². The Bertz CT molecular complexity index is 441. The van der Waals surface area contributed by atoms with Gasteiger partial charge in [0, 0.05) is 16.0 Å². The summed E-state index contributed by atoms with van der Waals surface area (Å²) in [5.74, 6) is 0. The molecule has 0 aliphatic heterocycles. The maximum Gasteiger partial charge on any atom is 0.273 e. The van der Waals surface area contributed by atoms with Crippen molar-refractivity contribution in [2.45, 2.75) is 0 Å². The topological polar surface area (TPSA) is 22.1 Å². The third kappa shape index (κ3) is 1.74. The molecule has 0 radical (unpaired) electrons. The van der Waals surface area contributed by atoms with Crippen LogP contribution in [-0.4, -0.2) is 12.1 Å². The molecule has 0 amide bonds. The Hall–Kier alpha value is -1.06. The van der Waals surface area contributed by atoms with E-state index in [1.807, 2.05) is 29.6 Å². The van der Waals surface area contributed by atoms with Gasteiger partial charge in [0.2, 0.25) is 0 Å². The van der Waals surface area contributed by atoms with Gasteiger partial charge >= 0.3 is 0 Å². The van der Waals surface area contributed by atoms with E-state index < -0.39 is 0 Å². The molecule has 0 saturated carbocycles. The van der Waals surface area contributed by atoms with Crippen LogP contribution in [0, 0.1) is 0 Å². The Labute approximate surface area is 91.1 Å². The summed E-state index contributed by atoms with van der Waals surface area (Å²) < 4.78 is 5.02. The minimum Gasteiger partial charge on any atom is -0.473 e. The Balaban J connectivity index is 2.44. The molecule has 4 heteroatoms. The number of halogens is 1. The van der Waals surface area contributed by atoms with E-state index in [0.29, 0.717) is 10.2 Å². The van der Waals surface area contributed by atoms with Crippen molar-refractivity contribution in [3.63, 3.8) is 0 Å². The summed E-state index contributed by atoms with van der Waals surface area (Å²) in [5, 5.41) is 3.29. The lowest BCUT2D eigenvalue weighted by molar-refractivity contribution is 0.412. The van der Waals surface area contributed by atoms with Crippen molar-refractivity contribution < 1.29 is 4.74 Å². The molecule has 0 unspecified atom stereocenters. The molecule has 2 rings (SSSR count). The van der Waals surface area contributed by atoms with Crippen molar-refractivity contribution in [3.05, 3.63) is 34.7 Å². The minimum atomic E-state index is 0.653. The molecule has 0 bridgehead atoms. The molecule has 0 fully saturated rings. The number of methoxy groups -OCH3 is 1. The fourth-order valence-electron chi connectivity index (χ4n) is 1.14. The summed E-state index contributed by atoms with van der Waals surface area (Å²) in [5.41, 5.74) is 1.80. The van der Waals surface area contributed by atoms with E-state index in [1.165, 1.54) is 11.3 Å². The van der Waals surface area contributed by atoms with Crippen LogP contribution in [0.15, 0.2) is 29.6 Å². The van der Waals surface area contributed by atoms with Gasteiger partial charge < -0.3 is 4.74 Å². The first-order chi connectivity index (χ1) is 6.81. The van der Waals surface area contributed by atoms with Crippen molar-refractivity contribution in [2.24, 2.45) is 0 Å². The lowest BCUT2D eigenvalue weighted by Crippen LogP contribution is -1.82. The summed E-state index contributed by atoms with van der Waals surface area (Å²) >= 11 is 7.50. The highest BCUT2D eigenvalue weighted by Crippen LogP contribution is 2.30. The van der Waals surface area contributed by atoms with Crippen LogP contribution < -0.4 is 4.74 Å². The molecule has 1 heterocycles.